The molecule has 0 aliphatic heterocycles. The Labute approximate surface area is 90.5 Å². The molecule has 0 aromatic heterocycles. The molecule has 0 saturated heterocycles. The van der Waals surface area contributed by atoms with Gasteiger partial charge in [0.1, 0.15) is 0 Å². The summed E-state index contributed by atoms with van der Waals surface area (Å²) < 4.78 is 0. The summed E-state index contributed by atoms with van der Waals surface area (Å²) in [6.07, 6.45) is 7.25. The molecule has 0 nitrogen and oxygen atoms in total. The SMILES string of the molecule is CCC(C)C1C[C-]2CC(CC)C1C2.[CH3-].[Fm]. The molecule has 96 valence electrons. The fourth-order valence-electron chi connectivity index (χ4n) is 3.63. The van der Waals surface area contributed by atoms with E-state index in [2.05, 4.69) is 20.8 Å². The zero-order chi connectivity index (χ0) is 9.42. The van der Waals surface area contributed by atoms with Gasteiger partial charge >= 0.3 is 0 Å². The first-order valence-electron chi connectivity index (χ1n) is 6.09. The van der Waals surface area contributed by atoms with Gasteiger partial charge in [-0.25, -0.2) is 0 Å². The van der Waals surface area contributed by atoms with Crippen molar-refractivity contribution < 1.29 is 0 Å². The van der Waals surface area contributed by atoms with Gasteiger partial charge in [-0.3, -0.25) is 0 Å². The topological polar surface area (TPSA) is 0 Å². The number of fused-ring (bicyclic) bond motifs is 2. The summed E-state index contributed by atoms with van der Waals surface area (Å²) in [6.45, 7) is 7.18. The monoisotopic (exact) mass is 451 g/mol. The molecule has 4 atom stereocenters. The Bertz CT molecular complexity index is 178. The van der Waals surface area contributed by atoms with Crippen LogP contribution in [0.5, 0.6) is 0 Å². The van der Waals surface area contributed by atoms with Crippen molar-refractivity contribution in [3.8, 4) is 0 Å². The fourth-order valence-corrected chi connectivity index (χ4v) is 3.63. The summed E-state index contributed by atoms with van der Waals surface area (Å²) in [5, 5.41) is 0. The summed E-state index contributed by atoms with van der Waals surface area (Å²) in [4.78, 5) is 0. The third kappa shape index (κ3) is 2.16. The summed E-state index contributed by atoms with van der Waals surface area (Å²) in [7, 11) is 0. The quantitative estimate of drug-likeness (QED) is 0.554. The van der Waals surface area contributed by atoms with Crippen LogP contribution in [0.3, 0.4) is 0 Å². The van der Waals surface area contributed by atoms with Crippen molar-refractivity contribution in [2.45, 2.75) is 52.9 Å². The average Bonchev–Trinajstić information content (AvgIpc) is 2.74. The minimum atomic E-state index is 0. The Morgan fingerprint density at radius 3 is 2.33 bits per heavy atom. The molecule has 0 aromatic carbocycles. The maximum atomic E-state index is 2.46. The molecule has 2 fully saturated rings. The molecule has 15 heavy (non-hydrogen) atoms. The molecule has 2 saturated carbocycles. The van der Waals surface area contributed by atoms with Gasteiger partial charge in [-0.15, -0.1) is 0 Å². The molecule has 0 N–H and O–H groups in total. The van der Waals surface area contributed by atoms with E-state index in [0.29, 0.717) is 0 Å². The molecule has 2 rings (SSSR count). The van der Waals surface area contributed by atoms with E-state index in [-0.39, 0.29) is 7.43 Å². The summed E-state index contributed by atoms with van der Waals surface area (Å²) in [5.41, 5.74) is 0. The van der Waals surface area contributed by atoms with Crippen LogP contribution in [0.25, 0.3) is 0 Å². The second-order valence-electron chi connectivity index (χ2n) is 5.24. The molecule has 4 unspecified atom stereocenters. The van der Waals surface area contributed by atoms with Gasteiger partial charge in [0.2, 0.25) is 0 Å². The second kappa shape index (κ2) is 5.19. The Morgan fingerprint density at radius 2 is 1.87 bits per heavy atom. The van der Waals surface area contributed by atoms with Gasteiger partial charge in [0.15, 0.2) is 0 Å². The number of rotatable bonds is 3. The molecule has 2 aliphatic carbocycles. The van der Waals surface area contributed by atoms with Crippen LogP contribution in [0.15, 0.2) is 0 Å². The van der Waals surface area contributed by atoms with Crippen LogP contribution in [0, 0.1) is 37.0 Å². The molecule has 0 heterocycles. The largest absolute Gasteiger partial charge is 0.358 e. The van der Waals surface area contributed by atoms with Crippen LogP contribution in [-0.2, 0) is 0 Å². The first-order chi connectivity index (χ1) is 6.26. The Morgan fingerprint density at radius 1 is 1.20 bits per heavy atom. The number of hydrogen-bond acceptors (Lipinski definition) is 0. The van der Waals surface area contributed by atoms with Crippen molar-refractivity contribution in [3.05, 3.63) is 13.3 Å². The average molecular weight is 451 g/mol. The van der Waals surface area contributed by atoms with Crippen LogP contribution in [0.2, 0.25) is 0 Å². The van der Waals surface area contributed by atoms with E-state index in [1.807, 2.05) is 5.92 Å². The molecule has 2 aliphatic rings. The van der Waals surface area contributed by atoms with Gasteiger partial charge < -0.3 is 13.3 Å². The normalized spacial score (nSPS) is 35.8. The van der Waals surface area contributed by atoms with Gasteiger partial charge in [0.05, 0.1) is 0 Å². The summed E-state index contributed by atoms with van der Waals surface area (Å²) in [5.74, 6) is 6.07. The van der Waals surface area contributed by atoms with E-state index < -0.39 is 0 Å². The molecular weight excluding hydrogens is 425 g/mol. The van der Waals surface area contributed by atoms with Crippen LogP contribution in [0.4, 0.5) is 0 Å². The van der Waals surface area contributed by atoms with Gasteiger partial charge in [-0.05, 0) is 5.92 Å². The van der Waals surface area contributed by atoms with Crippen LogP contribution in [-0.4, -0.2) is 0 Å². The first-order valence-corrected chi connectivity index (χ1v) is 6.09. The van der Waals surface area contributed by atoms with Crippen LogP contribution in [0.1, 0.15) is 52.9 Å². The van der Waals surface area contributed by atoms with E-state index >= 15 is 0 Å². The Hall–Kier alpha value is -1.00. The van der Waals surface area contributed by atoms with E-state index in [9.17, 15) is 0 Å². The maximum Gasteiger partial charge on any atom is 0 e. The third-order valence-electron chi connectivity index (χ3n) is 4.65. The predicted octanol–water partition coefficient (Wildman–Crippen LogP) is 4.51. The first kappa shape index (κ1) is 14.0. The van der Waals surface area contributed by atoms with E-state index in [4.69, 9.17) is 0 Å². The van der Waals surface area contributed by atoms with Crippen molar-refractivity contribution in [2.24, 2.45) is 23.7 Å². The van der Waals surface area contributed by atoms with Crippen molar-refractivity contribution >= 4 is 0 Å². The van der Waals surface area contributed by atoms with E-state index in [1.165, 1.54) is 32.1 Å². The predicted molar refractivity (Wildman–Crippen MR) is 63.7 cm³/mol. The summed E-state index contributed by atoms with van der Waals surface area (Å²) >= 11 is 0. The van der Waals surface area contributed by atoms with Crippen molar-refractivity contribution in [1.82, 2.24) is 0 Å². The second-order valence-corrected chi connectivity index (χ2v) is 5.24. The summed E-state index contributed by atoms with van der Waals surface area (Å²) in [6, 6.07) is 0. The molecule has 0 amide bonds. The Kier molecular flexibility index (Phi) is 4.84. The van der Waals surface area contributed by atoms with Crippen molar-refractivity contribution in [2.75, 3.05) is 0 Å². The minimum absolute atomic E-state index is 0. The molecule has 2 bridgehead atoms. The van der Waals surface area contributed by atoms with Crippen molar-refractivity contribution in [1.29, 1.82) is 0 Å². The Balaban J connectivity index is 0.000000980. The van der Waals surface area contributed by atoms with Crippen molar-refractivity contribution in [3.63, 3.8) is 0 Å². The zero-order valence-corrected chi connectivity index (χ0v) is 13.0. The third-order valence-corrected chi connectivity index (χ3v) is 4.65. The standard InChI is InChI=1S/C13H23.CH3.Fm/c1-4-9(3)12-7-10-6-11(5-2)13(12)8-10;;/h9,11-13H,4-8H2,1-3H3;1H3;/q2*-1;. The molecule has 0 radical (unpaired) electrons. The smallest absolute Gasteiger partial charge is 0 e. The van der Waals surface area contributed by atoms with E-state index in [1.54, 1.807) is 0 Å². The molecule has 0 aromatic rings. The maximum absolute atomic E-state index is 2.46. The van der Waals surface area contributed by atoms with Gasteiger partial charge in [-0.1, -0.05) is 51.4 Å². The van der Waals surface area contributed by atoms with Gasteiger partial charge in [0.25, 0.3) is 0 Å². The van der Waals surface area contributed by atoms with Crippen LogP contribution >= 0.6 is 0 Å². The zero-order valence-electron chi connectivity index (χ0n) is 10.6. The molecule has 1 heteroatoms. The van der Waals surface area contributed by atoms with Crippen LogP contribution < -0.4 is 0 Å². The van der Waals surface area contributed by atoms with E-state index in [0.717, 1.165) is 23.7 Å². The number of hydrogen-bond donors (Lipinski definition) is 0. The fraction of sp³-hybridized carbons (Fsp3) is 0.857. The van der Waals surface area contributed by atoms with Gasteiger partial charge in [0, 0.05) is 0 Å². The van der Waals surface area contributed by atoms with Gasteiger partial charge in [-0.2, -0.15) is 19.3 Å². The molecule has 0 spiro atoms. The molecular formula is C14H26Fm-2. The minimum Gasteiger partial charge on any atom is -0.358 e.